The van der Waals surface area contributed by atoms with Crippen LogP contribution in [-0.2, 0) is 0 Å². The van der Waals surface area contributed by atoms with E-state index in [4.69, 9.17) is 4.74 Å². The molecule has 0 spiro atoms. The molecule has 3 nitrogen and oxygen atoms in total. The highest BCUT2D eigenvalue weighted by Gasteiger charge is 2.21. The van der Waals surface area contributed by atoms with Gasteiger partial charge in [-0.15, -0.1) is 0 Å². The van der Waals surface area contributed by atoms with Crippen LogP contribution in [0.15, 0.2) is 24.3 Å². The summed E-state index contributed by atoms with van der Waals surface area (Å²) in [6.07, 6.45) is 1.90. The second-order valence-electron chi connectivity index (χ2n) is 4.35. The van der Waals surface area contributed by atoms with Crippen molar-refractivity contribution < 1.29 is 21.9 Å². The molecule has 0 bridgehead atoms. The standard InChI is InChI=1S/C14H19NO2.ClH/c1-2-17-13-5-3-11(4-6-13)14(16)12-7-9-15-10-8-12;/h3-6,12,15H,2,7-10H2,1H3;1H/p-1. The van der Waals surface area contributed by atoms with Crippen LogP contribution >= 0.6 is 0 Å². The molecular formula is C14H19ClNO2-. The van der Waals surface area contributed by atoms with Crippen molar-refractivity contribution in [2.45, 2.75) is 19.8 Å². The third-order valence-electron chi connectivity index (χ3n) is 3.16. The second-order valence-corrected chi connectivity index (χ2v) is 4.35. The summed E-state index contributed by atoms with van der Waals surface area (Å²) in [5, 5.41) is 3.27. The van der Waals surface area contributed by atoms with Gasteiger partial charge in [0.2, 0.25) is 0 Å². The van der Waals surface area contributed by atoms with E-state index in [1.807, 2.05) is 31.2 Å². The maximum Gasteiger partial charge on any atom is 0.166 e. The molecule has 4 heteroatoms. The van der Waals surface area contributed by atoms with E-state index in [1.165, 1.54) is 0 Å². The molecule has 0 amide bonds. The van der Waals surface area contributed by atoms with Gasteiger partial charge in [-0.25, -0.2) is 0 Å². The first-order chi connectivity index (χ1) is 8.31. The average Bonchev–Trinajstić information content (AvgIpc) is 2.40. The molecule has 0 atom stereocenters. The van der Waals surface area contributed by atoms with Crippen molar-refractivity contribution >= 4 is 5.78 Å². The lowest BCUT2D eigenvalue weighted by Crippen LogP contribution is -3.00. The molecule has 1 N–H and O–H groups in total. The predicted octanol–water partition coefficient (Wildman–Crippen LogP) is -0.728. The van der Waals surface area contributed by atoms with Gasteiger partial charge in [-0.1, -0.05) is 0 Å². The van der Waals surface area contributed by atoms with E-state index in [1.54, 1.807) is 0 Å². The topological polar surface area (TPSA) is 38.3 Å². The highest BCUT2D eigenvalue weighted by molar-refractivity contribution is 5.98. The quantitative estimate of drug-likeness (QED) is 0.732. The first-order valence-corrected chi connectivity index (χ1v) is 6.29. The second kappa shape index (κ2) is 7.39. The summed E-state index contributed by atoms with van der Waals surface area (Å²) in [6, 6.07) is 7.49. The Labute approximate surface area is 114 Å². The lowest BCUT2D eigenvalue weighted by atomic mass is 9.90. The molecule has 0 radical (unpaired) electrons. The number of halogens is 1. The van der Waals surface area contributed by atoms with Crippen molar-refractivity contribution in [1.82, 2.24) is 5.32 Å². The summed E-state index contributed by atoms with van der Waals surface area (Å²) in [7, 11) is 0. The van der Waals surface area contributed by atoms with Crippen LogP contribution in [0.2, 0.25) is 0 Å². The zero-order valence-electron chi connectivity index (χ0n) is 10.6. The summed E-state index contributed by atoms with van der Waals surface area (Å²) in [4.78, 5) is 12.2. The van der Waals surface area contributed by atoms with Crippen molar-refractivity contribution in [3.8, 4) is 5.75 Å². The van der Waals surface area contributed by atoms with Crippen LogP contribution in [0.25, 0.3) is 0 Å². The number of rotatable bonds is 4. The molecule has 100 valence electrons. The molecule has 18 heavy (non-hydrogen) atoms. The maximum atomic E-state index is 12.2. The number of piperidine rings is 1. The fourth-order valence-electron chi connectivity index (χ4n) is 2.20. The van der Waals surface area contributed by atoms with E-state index in [2.05, 4.69) is 5.32 Å². The largest absolute Gasteiger partial charge is 1.00 e. The molecule has 0 aromatic heterocycles. The van der Waals surface area contributed by atoms with Crippen molar-refractivity contribution in [2.75, 3.05) is 19.7 Å². The predicted molar refractivity (Wildman–Crippen MR) is 67.5 cm³/mol. The van der Waals surface area contributed by atoms with Crippen molar-refractivity contribution in [1.29, 1.82) is 0 Å². The van der Waals surface area contributed by atoms with Crippen LogP contribution in [0.1, 0.15) is 30.1 Å². The van der Waals surface area contributed by atoms with Gasteiger partial charge in [0.05, 0.1) is 6.61 Å². The highest BCUT2D eigenvalue weighted by atomic mass is 35.5. The Morgan fingerprint density at radius 1 is 1.28 bits per heavy atom. The van der Waals surface area contributed by atoms with E-state index in [-0.39, 0.29) is 24.1 Å². The Morgan fingerprint density at radius 3 is 2.44 bits per heavy atom. The maximum absolute atomic E-state index is 12.2. The monoisotopic (exact) mass is 268 g/mol. The number of nitrogens with one attached hydrogen (secondary N) is 1. The molecule has 0 unspecified atom stereocenters. The number of benzene rings is 1. The lowest BCUT2D eigenvalue weighted by Gasteiger charge is -2.21. The van der Waals surface area contributed by atoms with E-state index >= 15 is 0 Å². The van der Waals surface area contributed by atoms with Gasteiger partial charge in [0, 0.05) is 11.5 Å². The SMILES string of the molecule is CCOc1ccc(C(=O)C2CCNCC2)cc1.[Cl-]. The molecule has 1 heterocycles. The van der Waals surface area contributed by atoms with Gasteiger partial charge in [0.25, 0.3) is 0 Å². The highest BCUT2D eigenvalue weighted by Crippen LogP contribution is 2.20. The molecule has 1 aliphatic heterocycles. The van der Waals surface area contributed by atoms with Gasteiger partial charge in [-0.3, -0.25) is 4.79 Å². The zero-order valence-corrected chi connectivity index (χ0v) is 11.4. The summed E-state index contributed by atoms with van der Waals surface area (Å²) in [6.45, 7) is 4.51. The molecule has 0 aliphatic carbocycles. The van der Waals surface area contributed by atoms with Crippen molar-refractivity contribution in [2.24, 2.45) is 5.92 Å². The molecule has 1 aromatic carbocycles. The third kappa shape index (κ3) is 3.72. The minimum absolute atomic E-state index is 0. The van der Waals surface area contributed by atoms with Crippen LogP contribution in [0.4, 0.5) is 0 Å². The Bertz CT molecular complexity index is 372. The van der Waals surface area contributed by atoms with Gasteiger partial charge in [0.15, 0.2) is 5.78 Å². The Morgan fingerprint density at radius 2 is 1.89 bits per heavy atom. The first-order valence-electron chi connectivity index (χ1n) is 6.29. The van der Waals surface area contributed by atoms with Crippen LogP contribution in [0.5, 0.6) is 5.75 Å². The number of hydrogen-bond donors (Lipinski definition) is 1. The van der Waals surface area contributed by atoms with Crippen molar-refractivity contribution in [3.05, 3.63) is 29.8 Å². The fourth-order valence-corrected chi connectivity index (χ4v) is 2.20. The van der Waals surface area contributed by atoms with Gasteiger partial charge in [0.1, 0.15) is 5.75 Å². The first kappa shape index (κ1) is 15.0. The Kier molecular flexibility index (Phi) is 6.16. The minimum atomic E-state index is 0. The lowest BCUT2D eigenvalue weighted by molar-refractivity contribution is -0.0000121. The number of hydrogen-bond acceptors (Lipinski definition) is 3. The molecule has 0 saturated carbocycles. The molecule has 1 aliphatic rings. The molecule has 1 fully saturated rings. The summed E-state index contributed by atoms with van der Waals surface area (Å²) < 4.78 is 5.36. The van der Waals surface area contributed by atoms with Crippen molar-refractivity contribution in [3.63, 3.8) is 0 Å². The molecule has 2 rings (SSSR count). The summed E-state index contributed by atoms with van der Waals surface area (Å²) >= 11 is 0. The van der Waals surface area contributed by atoms with Crippen LogP contribution in [0.3, 0.4) is 0 Å². The Hall–Kier alpha value is -1.06. The van der Waals surface area contributed by atoms with E-state index in [0.717, 1.165) is 37.2 Å². The van der Waals surface area contributed by atoms with E-state index in [0.29, 0.717) is 6.61 Å². The van der Waals surface area contributed by atoms with E-state index in [9.17, 15) is 4.79 Å². The van der Waals surface area contributed by atoms with Crippen LogP contribution < -0.4 is 22.5 Å². The third-order valence-corrected chi connectivity index (χ3v) is 3.16. The Balaban J connectivity index is 0.00000162. The van der Waals surface area contributed by atoms with Gasteiger partial charge in [-0.05, 0) is 57.1 Å². The number of ether oxygens (including phenoxy) is 1. The van der Waals surface area contributed by atoms with Crippen LogP contribution in [-0.4, -0.2) is 25.5 Å². The fraction of sp³-hybridized carbons (Fsp3) is 0.500. The number of carbonyl (C=O) groups is 1. The average molecular weight is 269 g/mol. The normalized spacial score (nSPS) is 15.8. The van der Waals surface area contributed by atoms with E-state index < -0.39 is 0 Å². The zero-order chi connectivity index (χ0) is 12.1. The minimum Gasteiger partial charge on any atom is -1.00 e. The van der Waals surface area contributed by atoms with Gasteiger partial charge < -0.3 is 22.5 Å². The number of Topliss-reactive ketones (excluding diaryl/α,β-unsaturated/α-hetero) is 1. The molecule has 1 saturated heterocycles. The van der Waals surface area contributed by atoms with Gasteiger partial charge >= 0.3 is 0 Å². The summed E-state index contributed by atoms with van der Waals surface area (Å²) in [5.74, 6) is 1.29. The summed E-state index contributed by atoms with van der Waals surface area (Å²) in [5.41, 5.74) is 0.806. The smallest absolute Gasteiger partial charge is 0.166 e. The number of carbonyl (C=O) groups excluding carboxylic acids is 1. The van der Waals surface area contributed by atoms with Crippen LogP contribution in [0, 0.1) is 5.92 Å². The van der Waals surface area contributed by atoms with Gasteiger partial charge in [-0.2, -0.15) is 0 Å². The molecular weight excluding hydrogens is 250 g/mol. The molecule has 1 aromatic rings. The number of ketones is 1.